The first-order valence-electron chi connectivity index (χ1n) is 9.51. The first kappa shape index (κ1) is 20.5. The third-order valence-electron chi connectivity index (χ3n) is 5.03. The Morgan fingerprint density at radius 1 is 1.23 bits per heavy atom. The van der Waals surface area contributed by atoms with Gasteiger partial charge >= 0.3 is 0 Å². The van der Waals surface area contributed by atoms with Gasteiger partial charge in [-0.25, -0.2) is 4.68 Å². The van der Waals surface area contributed by atoms with E-state index >= 15 is 0 Å². The largest absolute Gasteiger partial charge is 0.310 e. The maximum absolute atomic E-state index is 12.9. The lowest BCUT2D eigenvalue weighted by Gasteiger charge is -2.18. The van der Waals surface area contributed by atoms with E-state index in [9.17, 15) is 19.7 Å². The van der Waals surface area contributed by atoms with E-state index in [1.165, 1.54) is 21.7 Å². The van der Waals surface area contributed by atoms with Crippen molar-refractivity contribution in [2.24, 2.45) is 5.92 Å². The molecule has 1 saturated heterocycles. The van der Waals surface area contributed by atoms with Crippen LogP contribution in [0.25, 0.3) is 5.69 Å². The van der Waals surface area contributed by atoms with Gasteiger partial charge in [0.1, 0.15) is 5.82 Å². The second kappa shape index (κ2) is 8.19. The van der Waals surface area contributed by atoms with Crippen molar-refractivity contribution in [1.82, 2.24) is 9.78 Å². The number of para-hydroxylation sites is 1. The molecule has 31 heavy (non-hydrogen) atoms. The zero-order chi connectivity index (χ0) is 22.1. The van der Waals surface area contributed by atoms with E-state index in [0.717, 1.165) is 0 Å². The van der Waals surface area contributed by atoms with E-state index in [1.807, 2.05) is 0 Å². The molecule has 1 fully saturated rings. The topological polar surface area (TPSA) is 110 Å². The summed E-state index contributed by atoms with van der Waals surface area (Å²) in [7, 11) is 0. The van der Waals surface area contributed by atoms with Crippen LogP contribution in [0, 0.1) is 23.0 Å². The van der Waals surface area contributed by atoms with Crippen molar-refractivity contribution in [1.29, 1.82) is 0 Å². The Morgan fingerprint density at radius 3 is 2.61 bits per heavy atom. The number of nitrogens with one attached hydrogen (secondary N) is 1. The van der Waals surface area contributed by atoms with Crippen LogP contribution in [0.2, 0.25) is 5.02 Å². The van der Waals surface area contributed by atoms with Gasteiger partial charge in [0.15, 0.2) is 0 Å². The van der Waals surface area contributed by atoms with Gasteiger partial charge in [-0.05, 0) is 31.2 Å². The van der Waals surface area contributed by atoms with E-state index in [2.05, 4.69) is 10.4 Å². The maximum atomic E-state index is 12.9. The Labute approximate surface area is 182 Å². The molecule has 4 rings (SSSR count). The Hall–Kier alpha value is -3.72. The van der Waals surface area contributed by atoms with E-state index in [0.29, 0.717) is 27.9 Å². The SMILES string of the molecule is Cc1cc(NC(=O)C2CC(=O)N(c3ccccc3Cl)C2)n(-c2ccc([N+](=O)[O-])cc2)n1. The minimum Gasteiger partial charge on any atom is -0.310 e. The molecule has 9 nitrogen and oxygen atoms in total. The molecule has 0 aliphatic carbocycles. The highest BCUT2D eigenvalue weighted by Gasteiger charge is 2.36. The highest BCUT2D eigenvalue weighted by atomic mass is 35.5. The van der Waals surface area contributed by atoms with Crippen molar-refractivity contribution in [3.8, 4) is 5.69 Å². The molecule has 0 bridgehead atoms. The fourth-order valence-corrected chi connectivity index (χ4v) is 3.75. The lowest BCUT2D eigenvalue weighted by atomic mass is 10.1. The van der Waals surface area contributed by atoms with Crippen LogP contribution in [0.5, 0.6) is 0 Å². The molecule has 1 N–H and O–H groups in total. The fraction of sp³-hybridized carbons (Fsp3) is 0.190. The lowest BCUT2D eigenvalue weighted by molar-refractivity contribution is -0.384. The number of carbonyl (C=O) groups excluding carboxylic acids is 2. The van der Waals surface area contributed by atoms with Crippen LogP contribution < -0.4 is 10.2 Å². The second-order valence-electron chi connectivity index (χ2n) is 7.20. The van der Waals surface area contributed by atoms with Gasteiger partial charge in [0.25, 0.3) is 5.69 Å². The Bertz CT molecular complexity index is 1170. The molecular formula is C21H18ClN5O4. The maximum Gasteiger partial charge on any atom is 0.269 e. The Kier molecular flexibility index (Phi) is 5.43. The summed E-state index contributed by atoms with van der Waals surface area (Å²) in [6.07, 6.45) is 0.0711. The van der Waals surface area contributed by atoms with Crippen molar-refractivity contribution in [2.75, 3.05) is 16.8 Å². The number of hydrogen-bond donors (Lipinski definition) is 1. The molecule has 1 aromatic heterocycles. The van der Waals surface area contributed by atoms with Crippen LogP contribution in [-0.4, -0.2) is 33.1 Å². The summed E-state index contributed by atoms with van der Waals surface area (Å²) in [4.78, 5) is 37.3. The predicted molar refractivity (Wildman–Crippen MR) is 115 cm³/mol. The zero-order valence-corrected chi connectivity index (χ0v) is 17.2. The first-order valence-corrected chi connectivity index (χ1v) is 9.88. The number of nitro groups is 1. The molecule has 158 valence electrons. The summed E-state index contributed by atoms with van der Waals surface area (Å²) in [5.74, 6) is -0.622. The van der Waals surface area contributed by atoms with Gasteiger partial charge in [0, 0.05) is 31.2 Å². The number of nitrogens with zero attached hydrogens (tertiary/aromatic N) is 4. The quantitative estimate of drug-likeness (QED) is 0.481. The highest BCUT2D eigenvalue weighted by Crippen LogP contribution is 2.31. The van der Waals surface area contributed by atoms with E-state index in [1.54, 1.807) is 49.4 Å². The number of anilines is 2. The molecule has 2 aromatic carbocycles. The number of hydrogen-bond acceptors (Lipinski definition) is 5. The molecule has 1 aliphatic heterocycles. The van der Waals surface area contributed by atoms with Crippen molar-refractivity contribution < 1.29 is 14.5 Å². The van der Waals surface area contributed by atoms with Gasteiger partial charge in [-0.3, -0.25) is 19.7 Å². The molecule has 1 atom stereocenters. The smallest absolute Gasteiger partial charge is 0.269 e. The number of benzene rings is 2. The van der Waals surface area contributed by atoms with Gasteiger partial charge in [-0.2, -0.15) is 5.10 Å². The van der Waals surface area contributed by atoms with Gasteiger partial charge in [0.2, 0.25) is 11.8 Å². The van der Waals surface area contributed by atoms with E-state index in [4.69, 9.17) is 11.6 Å². The van der Waals surface area contributed by atoms with Crippen molar-refractivity contribution >= 4 is 40.6 Å². The summed E-state index contributed by atoms with van der Waals surface area (Å²) >= 11 is 6.20. The Balaban J connectivity index is 1.53. The highest BCUT2D eigenvalue weighted by molar-refractivity contribution is 6.33. The standard InChI is InChI=1S/C21H18ClN5O4/c1-13-10-19(26(24-13)15-6-8-16(9-7-15)27(30)31)23-21(29)14-11-20(28)25(12-14)18-5-3-2-4-17(18)22/h2-10,14H,11-12H2,1H3,(H,23,29). The number of aryl methyl sites for hydroxylation is 1. The number of aromatic nitrogens is 2. The number of carbonyl (C=O) groups is 2. The molecule has 1 unspecified atom stereocenters. The normalized spacial score (nSPS) is 15.9. The van der Waals surface area contributed by atoms with Crippen LogP contribution in [-0.2, 0) is 9.59 Å². The number of non-ortho nitro benzene ring substituents is 1. The molecule has 2 heterocycles. The van der Waals surface area contributed by atoms with Gasteiger partial charge in [0.05, 0.1) is 32.9 Å². The van der Waals surface area contributed by atoms with Crippen molar-refractivity contribution in [3.63, 3.8) is 0 Å². The first-order chi connectivity index (χ1) is 14.8. The summed E-state index contributed by atoms with van der Waals surface area (Å²) in [6, 6.07) is 14.5. The lowest BCUT2D eigenvalue weighted by Crippen LogP contribution is -2.28. The van der Waals surface area contributed by atoms with E-state index < -0.39 is 10.8 Å². The van der Waals surface area contributed by atoms with Crippen LogP contribution in [0.1, 0.15) is 12.1 Å². The van der Waals surface area contributed by atoms with Crippen LogP contribution in [0.3, 0.4) is 0 Å². The molecule has 0 spiro atoms. The summed E-state index contributed by atoms with van der Waals surface area (Å²) in [6.45, 7) is 1.99. The average molecular weight is 440 g/mol. The van der Waals surface area contributed by atoms with Crippen molar-refractivity contribution in [2.45, 2.75) is 13.3 Å². The van der Waals surface area contributed by atoms with Gasteiger partial charge in [-0.15, -0.1) is 0 Å². The van der Waals surface area contributed by atoms with Crippen LogP contribution in [0.15, 0.2) is 54.6 Å². The van der Waals surface area contributed by atoms with Gasteiger partial charge < -0.3 is 10.2 Å². The molecule has 10 heteroatoms. The molecule has 3 aromatic rings. The summed E-state index contributed by atoms with van der Waals surface area (Å²) in [5, 5.41) is 18.5. The summed E-state index contributed by atoms with van der Waals surface area (Å²) in [5.41, 5.74) is 1.77. The number of halogens is 1. The molecule has 0 saturated carbocycles. The minimum atomic E-state index is -0.552. The number of nitro benzene ring substituents is 1. The average Bonchev–Trinajstić information content (AvgIpc) is 3.31. The second-order valence-corrected chi connectivity index (χ2v) is 7.61. The third kappa shape index (κ3) is 4.13. The van der Waals surface area contributed by atoms with Gasteiger partial charge in [-0.1, -0.05) is 23.7 Å². The third-order valence-corrected chi connectivity index (χ3v) is 5.35. The predicted octanol–water partition coefficient (Wildman–Crippen LogP) is 3.73. The van der Waals surface area contributed by atoms with Crippen molar-refractivity contribution in [3.05, 3.63) is 75.4 Å². The fourth-order valence-electron chi connectivity index (χ4n) is 3.52. The number of amides is 2. The molecule has 0 radical (unpaired) electrons. The zero-order valence-electron chi connectivity index (χ0n) is 16.5. The minimum absolute atomic E-state index is 0.0395. The van der Waals surface area contributed by atoms with E-state index in [-0.39, 0.29) is 30.5 Å². The Morgan fingerprint density at radius 2 is 1.94 bits per heavy atom. The summed E-state index contributed by atoms with van der Waals surface area (Å²) < 4.78 is 1.50. The molecule has 2 amide bonds. The molecule has 1 aliphatic rings. The van der Waals surface area contributed by atoms with Crippen LogP contribution in [0.4, 0.5) is 17.2 Å². The molecular weight excluding hydrogens is 422 g/mol. The van der Waals surface area contributed by atoms with Crippen LogP contribution >= 0.6 is 11.6 Å². The monoisotopic (exact) mass is 439 g/mol. The number of rotatable bonds is 5.